The number of aryl methyl sites for hydroxylation is 1. The third-order valence-electron chi connectivity index (χ3n) is 7.27. The number of fused-ring (bicyclic) bond motifs is 1. The Hall–Kier alpha value is -3.08. The van der Waals surface area contributed by atoms with Gasteiger partial charge in [0, 0.05) is 43.4 Å². The molecule has 1 saturated heterocycles. The first kappa shape index (κ1) is 22.7. The van der Waals surface area contributed by atoms with E-state index in [9.17, 15) is 9.59 Å². The second kappa shape index (κ2) is 8.94. The fourth-order valence-electron chi connectivity index (χ4n) is 5.74. The summed E-state index contributed by atoms with van der Waals surface area (Å²) in [6.07, 6.45) is 8.56. The van der Waals surface area contributed by atoms with Crippen molar-refractivity contribution in [1.82, 2.24) is 4.57 Å². The van der Waals surface area contributed by atoms with Crippen LogP contribution >= 0.6 is 0 Å². The van der Waals surface area contributed by atoms with Crippen molar-refractivity contribution in [1.29, 1.82) is 0 Å². The summed E-state index contributed by atoms with van der Waals surface area (Å²) in [5.41, 5.74) is 4.10. The minimum Gasteiger partial charge on any atom is -0.422 e. The molecular formula is C29H33NO4. The third-order valence-corrected chi connectivity index (χ3v) is 7.27. The quantitative estimate of drug-likeness (QED) is 0.341. The number of para-hydroxylation sites is 1. The van der Waals surface area contributed by atoms with E-state index in [0.717, 1.165) is 34.1 Å². The van der Waals surface area contributed by atoms with E-state index in [1.54, 1.807) is 13.8 Å². The lowest BCUT2D eigenvalue weighted by atomic mass is 9.79. The lowest BCUT2D eigenvalue weighted by Gasteiger charge is -2.36. The molecule has 2 aliphatic rings. The van der Waals surface area contributed by atoms with Crippen LogP contribution in [0.2, 0.25) is 0 Å². The molecule has 2 aromatic carbocycles. The largest absolute Gasteiger partial charge is 0.422 e. The first-order chi connectivity index (χ1) is 16.3. The number of carbonyl (C=O) groups is 2. The lowest BCUT2D eigenvalue weighted by Crippen LogP contribution is -2.48. The minimum absolute atomic E-state index is 0.492. The molecule has 2 fully saturated rings. The molecule has 0 bridgehead atoms. The van der Waals surface area contributed by atoms with Crippen LogP contribution in [0.15, 0.2) is 54.7 Å². The summed E-state index contributed by atoms with van der Waals surface area (Å²) in [6, 6.07) is 16.3. The molecule has 1 unspecified atom stereocenters. The van der Waals surface area contributed by atoms with Crippen molar-refractivity contribution in [2.24, 2.45) is 11.8 Å². The Balaban J connectivity index is 1.64. The summed E-state index contributed by atoms with van der Waals surface area (Å²) in [5, 5.41) is 1.07. The number of cyclic esters (lactones) is 2. The monoisotopic (exact) mass is 459 g/mol. The van der Waals surface area contributed by atoms with Gasteiger partial charge in [0.2, 0.25) is 0 Å². The predicted molar refractivity (Wildman–Crippen MR) is 131 cm³/mol. The van der Waals surface area contributed by atoms with Crippen molar-refractivity contribution >= 4 is 22.8 Å². The van der Waals surface area contributed by atoms with Crippen LogP contribution in [-0.4, -0.2) is 22.3 Å². The van der Waals surface area contributed by atoms with Crippen molar-refractivity contribution in [2.75, 3.05) is 0 Å². The molecule has 1 aromatic heterocycles. The summed E-state index contributed by atoms with van der Waals surface area (Å²) in [7, 11) is 0. The normalized spacial score (nSPS) is 20.2. The van der Waals surface area contributed by atoms with E-state index in [1.165, 1.54) is 32.1 Å². The first-order valence-corrected chi connectivity index (χ1v) is 12.4. The molecule has 1 saturated carbocycles. The zero-order valence-electron chi connectivity index (χ0n) is 20.3. The number of aromatic nitrogens is 1. The van der Waals surface area contributed by atoms with Gasteiger partial charge in [0.1, 0.15) is 0 Å². The topological polar surface area (TPSA) is 57.5 Å². The van der Waals surface area contributed by atoms with E-state index in [4.69, 9.17) is 9.47 Å². The highest BCUT2D eigenvalue weighted by atomic mass is 16.7. The number of nitrogens with zero attached hydrogens (tertiary/aromatic N) is 1. The molecule has 5 heteroatoms. The average Bonchev–Trinajstić information content (AvgIpc) is 3.14. The highest BCUT2D eigenvalue weighted by Gasteiger charge is 2.48. The fraction of sp³-hybridized carbons (Fsp3) is 0.448. The van der Waals surface area contributed by atoms with Gasteiger partial charge in [-0.3, -0.25) is 9.59 Å². The van der Waals surface area contributed by atoms with Gasteiger partial charge in [0.05, 0.1) is 0 Å². The molecule has 1 aliphatic heterocycles. The Labute approximate surface area is 201 Å². The van der Waals surface area contributed by atoms with Crippen LogP contribution in [0.3, 0.4) is 0 Å². The molecule has 5 rings (SSSR count). The number of hydrogen-bond donors (Lipinski definition) is 0. The van der Waals surface area contributed by atoms with Gasteiger partial charge in [-0.1, -0.05) is 67.3 Å². The van der Waals surface area contributed by atoms with Gasteiger partial charge in [-0.15, -0.1) is 0 Å². The number of benzene rings is 2. The summed E-state index contributed by atoms with van der Waals surface area (Å²) in [5.74, 6) is -3.21. The van der Waals surface area contributed by atoms with Gasteiger partial charge >= 0.3 is 11.9 Å². The highest BCUT2D eigenvalue weighted by Crippen LogP contribution is 2.42. The van der Waals surface area contributed by atoms with Crippen LogP contribution < -0.4 is 0 Å². The Kier molecular flexibility index (Phi) is 5.97. The van der Waals surface area contributed by atoms with E-state index in [-0.39, 0.29) is 0 Å². The maximum atomic E-state index is 13.2. The van der Waals surface area contributed by atoms with Gasteiger partial charge in [-0.2, -0.15) is 0 Å². The second-order valence-corrected chi connectivity index (χ2v) is 10.4. The molecule has 0 spiro atoms. The highest BCUT2D eigenvalue weighted by molar-refractivity contribution is 5.99. The molecular weight excluding hydrogens is 426 g/mol. The Morgan fingerprint density at radius 3 is 2.38 bits per heavy atom. The number of carbonyl (C=O) groups excluding carboxylic acids is 2. The maximum Gasteiger partial charge on any atom is 0.324 e. The smallest absolute Gasteiger partial charge is 0.324 e. The van der Waals surface area contributed by atoms with Crippen molar-refractivity contribution in [3.05, 3.63) is 71.4 Å². The summed E-state index contributed by atoms with van der Waals surface area (Å²) in [4.78, 5) is 26.4. The molecule has 0 N–H and O–H groups in total. The summed E-state index contributed by atoms with van der Waals surface area (Å²) < 4.78 is 13.5. The van der Waals surface area contributed by atoms with E-state index in [1.807, 2.05) is 31.2 Å². The number of rotatable bonds is 5. The van der Waals surface area contributed by atoms with Crippen LogP contribution in [0.4, 0.5) is 0 Å². The molecule has 2 heterocycles. The van der Waals surface area contributed by atoms with Gasteiger partial charge < -0.3 is 14.0 Å². The SMILES string of the molecule is Cc1cccc(C(c2cn(CC3CCCCC3)c3ccccc23)C2C(=O)OC(C)(C)OC2=O)c1. The first-order valence-electron chi connectivity index (χ1n) is 12.4. The maximum absolute atomic E-state index is 13.2. The van der Waals surface area contributed by atoms with Gasteiger partial charge in [0.15, 0.2) is 5.92 Å². The van der Waals surface area contributed by atoms with E-state index < -0.39 is 29.6 Å². The minimum atomic E-state index is -1.25. The van der Waals surface area contributed by atoms with Gasteiger partial charge in [-0.25, -0.2) is 0 Å². The van der Waals surface area contributed by atoms with Crippen molar-refractivity contribution < 1.29 is 19.1 Å². The molecule has 0 radical (unpaired) electrons. The summed E-state index contributed by atoms with van der Waals surface area (Å²) >= 11 is 0. The van der Waals surface area contributed by atoms with Crippen LogP contribution in [0.5, 0.6) is 0 Å². The average molecular weight is 460 g/mol. The van der Waals surface area contributed by atoms with Crippen LogP contribution in [0.1, 0.15) is 68.6 Å². The Morgan fingerprint density at radius 1 is 0.971 bits per heavy atom. The van der Waals surface area contributed by atoms with Crippen LogP contribution in [-0.2, 0) is 25.6 Å². The Bertz CT molecular complexity index is 1200. The number of esters is 2. The number of ether oxygens (including phenoxy) is 2. The van der Waals surface area contributed by atoms with E-state index >= 15 is 0 Å². The molecule has 1 aliphatic carbocycles. The molecule has 178 valence electrons. The fourth-order valence-corrected chi connectivity index (χ4v) is 5.74. The van der Waals surface area contributed by atoms with Gasteiger partial charge in [-0.05, 0) is 42.9 Å². The van der Waals surface area contributed by atoms with Crippen LogP contribution in [0.25, 0.3) is 10.9 Å². The second-order valence-electron chi connectivity index (χ2n) is 10.4. The zero-order valence-corrected chi connectivity index (χ0v) is 20.3. The predicted octanol–water partition coefficient (Wildman–Crippen LogP) is 6.11. The van der Waals surface area contributed by atoms with Crippen LogP contribution in [0, 0.1) is 18.8 Å². The molecule has 0 amide bonds. The molecule has 5 nitrogen and oxygen atoms in total. The van der Waals surface area contributed by atoms with E-state index in [0.29, 0.717) is 5.92 Å². The lowest BCUT2D eigenvalue weighted by molar-refractivity contribution is -0.240. The molecule has 3 aromatic rings. The molecule has 34 heavy (non-hydrogen) atoms. The number of hydrogen-bond acceptors (Lipinski definition) is 4. The van der Waals surface area contributed by atoms with E-state index in [2.05, 4.69) is 35.0 Å². The third kappa shape index (κ3) is 4.36. The molecule has 1 atom stereocenters. The van der Waals surface area contributed by atoms with Gasteiger partial charge in [0.25, 0.3) is 5.79 Å². The summed E-state index contributed by atoms with van der Waals surface area (Å²) in [6.45, 7) is 6.16. The van der Waals surface area contributed by atoms with Crippen molar-refractivity contribution in [3.8, 4) is 0 Å². The Morgan fingerprint density at radius 2 is 1.68 bits per heavy atom. The zero-order chi connectivity index (χ0) is 23.9. The standard InChI is InChI=1S/C29H33NO4/c1-19-10-9-13-21(16-19)25(26-27(31)33-29(2,3)34-28(26)32)23-18-30(17-20-11-5-4-6-12-20)24-15-8-7-14-22(23)24/h7-10,13-16,18,20,25-26H,4-6,11-12,17H2,1-3H3. The van der Waals surface area contributed by atoms with Crippen molar-refractivity contribution in [2.45, 2.75) is 71.1 Å². The van der Waals surface area contributed by atoms with Crippen molar-refractivity contribution in [3.63, 3.8) is 0 Å².